The summed E-state index contributed by atoms with van der Waals surface area (Å²) < 4.78 is 0. The molecular weight excluding hydrogens is 404 g/mol. The number of rotatable bonds is 3. The third-order valence-corrected chi connectivity index (χ3v) is 5.88. The minimum atomic E-state index is -0.0946. The second-order valence-corrected chi connectivity index (χ2v) is 9.71. The van der Waals surface area contributed by atoms with E-state index in [0.29, 0.717) is 5.11 Å². The van der Waals surface area contributed by atoms with E-state index in [0.717, 1.165) is 37.9 Å². The highest BCUT2D eigenvalue weighted by molar-refractivity contribution is 7.80. The van der Waals surface area contributed by atoms with Crippen molar-refractivity contribution < 1.29 is 0 Å². The van der Waals surface area contributed by atoms with Gasteiger partial charge in [0.05, 0.1) is 20.8 Å². The molecule has 0 radical (unpaired) electrons. The number of nitrogens with one attached hydrogen (secondary N) is 2. The van der Waals surface area contributed by atoms with Gasteiger partial charge in [-0.3, -0.25) is 0 Å². The van der Waals surface area contributed by atoms with E-state index in [4.69, 9.17) is 22.2 Å². The maximum Gasteiger partial charge on any atom is 0.171 e. The van der Waals surface area contributed by atoms with Crippen LogP contribution < -0.4 is 10.6 Å². The number of hydrogen-bond donors (Lipinski definition) is 2. The van der Waals surface area contributed by atoms with Gasteiger partial charge in [0.1, 0.15) is 11.4 Å². The van der Waals surface area contributed by atoms with Crippen molar-refractivity contribution in [1.82, 2.24) is 15.3 Å². The molecule has 0 aliphatic carbocycles. The minimum absolute atomic E-state index is 0.0946. The minimum Gasteiger partial charge on any atom is -0.358 e. The number of thiophene rings is 2. The molecule has 4 aromatic rings. The number of hydrogen-bond acceptors (Lipinski definition) is 5. The van der Waals surface area contributed by atoms with Crippen molar-refractivity contribution in [2.45, 2.75) is 26.3 Å². The molecule has 0 spiro atoms. The van der Waals surface area contributed by atoms with Crippen LogP contribution in [0, 0.1) is 0 Å². The van der Waals surface area contributed by atoms with Gasteiger partial charge in [-0.25, -0.2) is 9.97 Å². The fraction of sp³-hybridized carbons (Fsp3) is 0.190. The zero-order chi connectivity index (χ0) is 19.7. The lowest BCUT2D eigenvalue weighted by molar-refractivity contribution is 0.515. The molecule has 3 aromatic heterocycles. The van der Waals surface area contributed by atoms with E-state index in [9.17, 15) is 0 Å². The molecular formula is C21H20N4S3. The Morgan fingerprint density at radius 3 is 2.04 bits per heavy atom. The maximum atomic E-state index is 5.42. The Morgan fingerprint density at radius 1 is 0.893 bits per heavy atom. The molecule has 2 N–H and O–H groups in total. The lowest BCUT2D eigenvalue weighted by Gasteiger charge is -2.23. The molecule has 0 unspecified atom stereocenters. The predicted molar refractivity (Wildman–Crippen MR) is 125 cm³/mol. The van der Waals surface area contributed by atoms with E-state index in [1.54, 1.807) is 22.7 Å². The molecule has 0 saturated heterocycles. The van der Waals surface area contributed by atoms with Gasteiger partial charge in [0.15, 0.2) is 5.11 Å². The summed E-state index contributed by atoms with van der Waals surface area (Å²) in [5, 5.41) is 11.2. The van der Waals surface area contributed by atoms with E-state index < -0.39 is 0 Å². The number of anilines is 1. The average Bonchev–Trinajstić information content (AvgIpc) is 3.32. The van der Waals surface area contributed by atoms with Gasteiger partial charge in [0.2, 0.25) is 0 Å². The normalized spacial score (nSPS) is 11.5. The smallest absolute Gasteiger partial charge is 0.171 e. The van der Waals surface area contributed by atoms with Crippen LogP contribution >= 0.6 is 34.9 Å². The summed E-state index contributed by atoms with van der Waals surface area (Å²) in [4.78, 5) is 12.1. The fourth-order valence-electron chi connectivity index (χ4n) is 2.81. The van der Waals surface area contributed by atoms with Crippen molar-refractivity contribution in [3.63, 3.8) is 0 Å². The lowest BCUT2D eigenvalue weighted by atomic mass is 10.1. The Bertz CT molecular complexity index is 1110. The van der Waals surface area contributed by atoms with Crippen LogP contribution in [0.3, 0.4) is 0 Å². The zero-order valence-corrected chi connectivity index (χ0v) is 18.3. The molecule has 28 heavy (non-hydrogen) atoms. The highest BCUT2D eigenvalue weighted by Gasteiger charge is 2.16. The van der Waals surface area contributed by atoms with Crippen molar-refractivity contribution in [1.29, 1.82) is 0 Å². The van der Waals surface area contributed by atoms with Crippen LogP contribution in [0.25, 0.3) is 32.2 Å². The van der Waals surface area contributed by atoms with Gasteiger partial charge in [-0.15, -0.1) is 22.7 Å². The SMILES string of the molecule is CC(C)(C)NC(=S)Nc1ccc2nc(-c3cccs3)c(-c3cccs3)nc2c1. The Kier molecular flexibility index (Phi) is 5.14. The van der Waals surface area contributed by atoms with Crippen LogP contribution in [0.2, 0.25) is 0 Å². The first-order valence-electron chi connectivity index (χ1n) is 8.88. The predicted octanol–water partition coefficient (Wildman–Crippen LogP) is 6.17. The number of aromatic nitrogens is 2. The van der Waals surface area contributed by atoms with Crippen LogP contribution in [-0.4, -0.2) is 20.6 Å². The quantitative estimate of drug-likeness (QED) is 0.385. The van der Waals surface area contributed by atoms with Crippen molar-refractivity contribution in [2.24, 2.45) is 0 Å². The zero-order valence-electron chi connectivity index (χ0n) is 15.8. The lowest BCUT2D eigenvalue weighted by Crippen LogP contribution is -2.42. The first-order valence-corrected chi connectivity index (χ1v) is 11.0. The van der Waals surface area contributed by atoms with Crippen molar-refractivity contribution in [2.75, 3.05) is 5.32 Å². The summed E-state index contributed by atoms with van der Waals surface area (Å²) in [6.45, 7) is 6.23. The summed E-state index contributed by atoms with van der Waals surface area (Å²) in [6.07, 6.45) is 0. The Hall–Kier alpha value is -2.35. The van der Waals surface area contributed by atoms with Crippen LogP contribution in [0.4, 0.5) is 5.69 Å². The van der Waals surface area contributed by atoms with E-state index in [-0.39, 0.29) is 5.54 Å². The molecule has 0 fully saturated rings. The summed E-state index contributed by atoms with van der Waals surface area (Å²) >= 11 is 8.77. The van der Waals surface area contributed by atoms with Gasteiger partial charge in [0.25, 0.3) is 0 Å². The van der Waals surface area contributed by atoms with Crippen molar-refractivity contribution in [3.8, 4) is 21.1 Å². The molecule has 142 valence electrons. The molecule has 0 amide bonds. The maximum absolute atomic E-state index is 5.42. The topological polar surface area (TPSA) is 49.8 Å². The van der Waals surface area contributed by atoms with E-state index >= 15 is 0 Å². The van der Waals surface area contributed by atoms with Gasteiger partial charge in [-0.2, -0.15) is 0 Å². The molecule has 4 rings (SSSR count). The number of fused-ring (bicyclic) bond motifs is 1. The highest BCUT2D eigenvalue weighted by atomic mass is 32.1. The first-order chi connectivity index (χ1) is 13.4. The largest absolute Gasteiger partial charge is 0.358 e. The number of thiocarbonyl (C=S) groups is 1. The van der Waals surface area contributed by atoms with Crippen molar-refractivity contribution in [3.05, 3.63) is 53.2 Å². The van der Waals surface area contributed by atoms with Crippen LogP contribution in [0.15, 0.2) is 53.2 Å². The molecule has 7 heteroatoms. The molecule has 0 atom stereocenters. The van der Waals surface area contributed by atoms with Gasteiger partial charge >= 0.3 is 0 Å². The van der Waals surface area contributed by atoms with E-state index in [1.807, 2.05) is 30.3 Å². The van der Waals surface area contributed by atoms with Gasteiger partial charge in [0, 0.05) is 11.2 Å². The highest BCUT2D eigenvalue weighted by Crippen LogP contribution is 2.35. The Balaban J connectivity index is 1.75. The third kappa shape index (κ3) is 4.22. The van der Waals surface area contributed by atoms with E-state index in [1.165, 1.54) is 0 Å². The molecule has 4 nitrogen and oxygen atoms in total. The Labute approximate surface area is 177 Å². The second kappa shape index (κ2) is 7.58. The Morgan fingerprint density at radius 2 is 1.50 bits per heavy atom. The van der Waals surface area contributed by atoms with Gasteiger partial charge in [-0.1, -0.05) is 12.1 Å². The number of nitrogens with zero attached hydrogens (tertiary/aromatic N) is 2. The molecule has 1 aromatic carbocycles. The fourth-order valence-corrected chi connectivity index (χ4v) is 4.66. The number of benzene rings is 1. The summed E-state index contributed by atoms with van der Waals surface area (Å²) in [6, 6.07) is 14.2. The summed E-state index contributed by atoms with van der Waals surface area (Å²) in [5.74, 6) is 0. The van der Waals surface area contributed by atoms with Crippen LogP contribution in [0.1, 0.15) is 20.8 Å². The van der Waals surface area contributed by atoms with Crippen LogP contribution in [-0.2, 0) is 0 Å². The van der Waals surface area contributed by atoms with Crippen LogP contribution in [0.5, 0.6) is 0 Å². The third-order valence-electron chi connectivity index (χ3n) is 3.92. The summed E-state index contributed by atoms with van der Waals surface area (Å²) in [5.41, 5.74) is 4.34. The van der Waals surface area contributed by atoms with Gasteiger partial charge in [-0.05, 0) is 74.1 Å². The standard InChI is InChI=1S/C21H20N4S3/c1-21(2,3)25-20(26)22-13-8-9-14-15(12-13)24-19(17-7-5-11-28-17)18(23-14)16-6-4-10-27-16/h4-12H,1-3H3,(H2,22,25,26). The molecule has 3 heterocycles. The molecule has 0 aliphatic rings. The second-order valence-electron chi connectivity index (χ2n) is 7.41. The summed E-state index contributed by atoms with van der Waals surface area (Å²) in [7, 11) is 0. The molecule has 0 bridgehead atoms. The van der Waals surface area contributed by atoms with E-state index in [2.05, 4.69) is 54.3 Å². The molecule has 0 saturated carbocycles. The van der Waals surface area contributed by atoms with Gasteiger partial charge < -0.3 is 10.6 Å². The average molecular weight is 425 g/mol. The first kappa shape index (κ1) is 19.0. The van der Waals surface area contributed by atoms with Crippen molar-refractivity contribution >= 4 is 56.7 Å². The monoisotopic (exact) mass is 424 g/mol. The molecule has 0 aliphatic heterocycles.